The van der Waals surface area contributed by atoms with Crippen molar-refractivity contribution in [3.05, 3.63) is 58.7 Å². The predicted octanol–water partition coefficient (Wildman–Crippen LogP) is 3.66. The maximum absolute atomic E-state index is 12.9. The van der Waals surface area contributed by atoms with Crippen molar-refractivity contribution in [1.82, 2.24) is 5.32 Å². The summed E-state index contributed by atoms with van der Waals surface area (Å²) in [5, 5.41) is 2.82. The van der Waals surface area contributed by atoms with Crippen LogP contribution in [0.2, 0.25) is 0 Å². The van der Waals surface area contributed by atoms with Gasteiger partial charge in [0.15, 0.2) is 0 Å². The molecule has 164 valence electrons. The van der Waals surface area contributed by atoms with Crippen LogP contribution in [0.15, 0.2) is 36.4 Å². The van der Waals surface area contributed by atoms with E-state index in [2.05, 4.69) is 11.4 Å². The van der Waals surface area contributed by atoms with E-state index >= 15 is 0 Å². The van der Waals surface area contributed by atoms with E-state index in [1.807, 2.05) is 52.0 Å². The van der Waals surface area contributed by atoms with Crippen LogP contribution in [0.5, 0.6) is 5.75 Å². The smallest absolute Gasteiger partial charge is 0.244 e. The molecular formula is C23H32N2O4S. The second-order valence-corrected chi connectivity index (χ2v) is 9.60. The molecule has 0 aliphatic carbocycles. The normalized spacial score (nSPS) is 12.3. The molecule has 0 bridgehead atoms. The van der Waals surface area contributed by atoms with Crippen molar-refractivity contribution < 1.29 is 17.9 Å². The Balaban J connectivity index is 2.11. The zero-order valence-electron chi connectivity index (χ0n) is 18.7. The van der Waals surface area contributed by atoms with Gasteiger partial charge in [-0.2, -0.15) is 0 Å². The standard InChI is InChI=1S/C23H32N2O4S/c1-7-21(25(30(6,27)28)22-15-16(2)8-9-19(22)5)23(26)24-10-11-29-20-13-17(3)12-18(4)14-20/h8-9,12-15,21H,7,10-11H2,1-6H3,(H,24,26). The van der Waals surface area contributed by atoms with Crippen LogP contribution in [-0.4, -0.2) is 39.8 Å². The Bertz CT molecular complexity index is 982. The Kier molecular flexibility index (Phi) is 7.89. The third kappa shape index (κ3) is 6.23. The molecule has 0 aliphatic rings. The Morgan fingerprint density at radius 1 is 1.03 bits per heavy atom. The lowest BCUT2D eigenvalue weighted by atomic mass is 10.1. The van der Waals surface area contributed by atoms with Gasteiger partial charge < -0.3 is 10.1 Å². The zero-order chi connectivity index (χ0) is 22.5. The van der Waals surface area contributed by atoms with Gasteiger partial charge in [-0.3, -0.25) is 9.10 Å². The maximum atomic E-state index is 12.9. The molecule has 0 saturated carbocycles. The molecule has 2 aromatic rings. The van der Waals surface area contributed by atoms with Gasteiger partial charge in [-0.1, -0.05) is 25.1 Å². The molecule has 1 amide bonds. The summed E-state index contributed by atoms with van der Waals surface area (Å²) in [6, 6.07) is 10.7. The number of carbonyl (C=O) groups is 1. The zero-order valence-corrected chi connectivity index (χ0v) is 19.5. The van der Waals surface area contributed by atoms with Crippen LogP contribution in [0.25, 0.3) is 0 Å². The first-order valence-electron chi connectivity index (χ1n) is 10.1. The molecule has 1 atom stereocenters. The quantitative estimate of drug-likeness (QED) is 0.614. The molecule has 0 aliphatic heterocycles. The van der Waals surface area contributed by atoms with Crippen molar-refractivity contribution in [3.63, 3.8) is 0 Å². The molecule has 2 rings (SSSR count). The van der Waals surface area contributed by atoms with Crippen molar-refractivity contribution in [2.45, 2.75) is 47.1 Å². The van der Waals surface area contributed by atoms with E-state index in [0.29, 0.717) is 18.7 Å². The molecule has 6 nitrogen and oxygen atoms in total. The van der Waals surface area contributed by atoms with Crippen LogP contribution in [0, 0.1) is 27.7 Å². The Labute approximate surface area is 180 Å². The van der Waals surface area contributed by atoms with Gasteiger partial charge in [0.1, 0.15) is 18.4 Å². The molecule has 0 saturated heterocycles. The van der Waals surface area contributed by atoms with Crippen LogP contribution in [0.1, 0.15) is 35.6 Å². The molecule has 7 heteroatoms. The maximum Gasteiger partial charge on any atom is 0.244 e. The topological polar surface area (TPSA) is 75.7 Å². The fourth-order valence-electron chi connectivity index (χ4n) is 3.47. The van der Waals surface area contributed by atoms with Gasteiger partial charge in [-0.15, -0.1) is 0 Å². The fraction of sp³-hybridized carbons (Fsp3) is 0.435. The molecule has 1 unspecified atom stereocenters. The van der Waals surface area contributed by atoms with E-state index in [-0.39, 0.29) is 12.5 Å². The summed E-state index contributed by atoms with van der Waals surface area (Å²) in [4.78, 5) is 12.9. The average molecular weight is 433 g/mol. The first kappa shape index (κ1) is 23.7. The molecule has 0 fully saturated rings. The number of aryl methyl sites for hydroxylation is 4. The number of anilines is 1. The van der Waals surface area contributed by atoms with Crippen molar-refractivity contribution >= 4 is 21.6 Å². The van der Waals surface area contributed by atoms with Crippen LogP contribution in [0.4, 0.5) is 5.69 Å². The number of benzene rings is 2. The first-order valence-corrected chi connectivity index (χ1v) is 11.9. The minimum absolute atomic E-state index is 0.284. The van der Waals surface area contributed by atoms with E-state index in [4.69, 9.17) is 4.74 Å². The van der Waals surface area contributed by atoms with Crippen molar-refractivity contribution in [2.24, 2.45) is 0 Å². The fourth-order valence-corrected chi connectivity index (χ4v) is 4.73. The van der Waals surface area contributed by atoms with Gasteiger partial charge in [0.05, 0.1) is 18.5 Å². The van der Waals surface area contributed by atoms with Crippen LogP contribution in [0.3, 0.4) is 0 Å². The lowest BCUT2D eigenvalue weighted by molar-refractivity contribution is -0.122. The van der Waals surface area contributed by atoms with E-state index in [0.717, 1.165) is 34.3 Å². The second kappa shape index (κ2) is 9.98. The number of ether oxygens (including phenoxy) is 1. The highest BCUT2D eigenvalue weighted by Crippen LogP contribution is 2.27. The molecule has 1 N–H and O–H groups in total. The first-order chi connectivity index (χ1) is 14.0. The van der Waals surface area contributed by atoms with E-state index in [1.165, 1.54) is 4.31 Å². The summed E-state index contributed by atoms with van der Waals surface area (Å²) in [7, 11) is -3.66. The Morgan fingerprint density at radius 3 is 2.23 bits per heavy atom. The number of amides is 1. The highest BCUT2D eigenvalue weighted by atomic mass is 32.2. The number of nitrogens with zero attached hydrogens (tertiary/aromatic N) is 1. The lowest BCUT2D eigenvalue weighted by Gasteiger charge is -2.31. The Hall–Kier alpha value is -2.54. The molecule has 0 heterocycles. The van der Waals surface area contributed by atoms with Gasteiger partial charge in [-0.05, 0) is 74.6 Å². The molecule has 2 aromatic carbocycles. The summed E-state index contributed by atoms with van der Waals surface area (Å²) in [6.45, 7) is 10.1. The van der Waals surface area contributed by atoms with E-state index < -0.39 is 16.1 Å². The van der Waals surface area contributed by atoms with Crippen molar-refractivity contribution in [3.8, 4) is 5.75 Å². The molecule has 0 radical (unpaired) electrons. The molecular weight excluding hydrogens is 400 g/mol. The van der Waals surface area contributed by atoms with Gasteiger partial charge >= 0.3 is 0 Å². The monoisotopic (exact) mass is 432 g/mol. The SMILES string of the molecule is CCC(C(=O)NCCOc1cc(C)cc(C)c1)N(c1cc(C)ccc1C)S(C)(=O)=O. The lowest BCUT2D eigenvalue weighted by Crippen LogP contribution is -2.50. The van der Waals surface area contributed by atoms with Gasteiger partial charge in [0.25, 0.3) is 0 Å². The third-order valence-electron chi connectivity index (χ3n) is 4.80. The number of rotatable bonds is 9. The highest BCUT2D eigenvalue weighted by molar-refractivity contribution is 7.92. The van der Waals surface area contributed by atoms with Crippen LogP contribution >= 0.6 is 0 Å². The predicted molar refractivity (Wildman–Crippen MR) is 122 cm³/mol. The van der Waals surface area contributed by atoms with E-state index in [1.54, 1.807) is 13.0 Å². The summed E-state index contributed by atoms with van der Waals surface area (Å²) >= 11 is 0. The number of nitrogens with one attached hydrogen (secondary N) is 1. The summed E-state index contributed by atoms with van der Waals surface area (Å²) in [6.07, 6.45) is 1.48. The molecule has 0 aromatic heterocycles. The number of sulfonamides is 1. The highest BCUT2D eigenvalue weighted by Gasteiger charge is 2.32. The summed E-state index contributed by atoms with van der Waals surface area (Å²) in [5.74, 6) is 0.412. The van der Waals surface area contributed by atoms with Crippen molar-refractivity contribution in [1.29, 1.82) is 0 Å². The van der Waals surface area contributed by atoms with Gasteiger partial charge in [0, 0.05) is 0 Å². The Morgan fingerprint density at radius 2 is 1.67 bits per heavy atom. The van der Waals surface area contributed by atoms with Crippen LogP contribution in [-0.2, 0) is 14.8 Å². The van der Waals surface area contributed by atoms with Crippen LogP contribution < -0.4 is 14.4 Å². The third-order valence-corrected chi connectivity index (χ3v) is 5.96. The number of hydrogen-bond donors (Lipinski definition) is 1. The average Bonchev–Trinajstić information content (AvgIpc) is 2.63. The van der Waals surface area contributed by atoms with E-state index in [9.17, 15) is 13.2 Å². The summed E-state index contributed by atoms with van der Waals surface area (Å²) in [5.41, 5.74) is 4.48. The minimum Gasteiger partial charge on any atom is -0.492 e. The molecule has 0 spiro atoms. The summed E-state index contributed by atoms with van der Waals surface area (Å²) < 4.78 is 32.2. The number of carbonyl (C=O) groups excluding carboxylic acids is 1. The van der Waals surface area contributed by atoms with Crippen molar-refractivity contribution in [2.75, 3.05) is 23.7 Å². The minimum atomic E-state index is -3.66. The molecule has 30 heavy (non-hydrogen) atoms. The second-order valence-electron chi connectivity index (χ2n) is 7.74. The largest absolute Gasteiger partial charge is 0.492 e. The van der Waals surface area contributed by atoms with Gasteiger partial charge in [-0.25, -0.2) is 8.42 Å². The number of hydrogen-bond acceptors (Lipinski definition) is 4. The van der Waals surface area contributed by atoms with Gasteiger partial charge in [0.2, 0.25) is 15.9 Å².